The van der Waals surface area contributed by atoms with Gasteiger partial charge in [0.2, 0.25) is 0 Å². The van der Waals surface area contributed by atoms with Crippen LogP contribution in [-0.2, 0) is 18.9 Å². The molecule has 98 valence electrons. The third-order valence-electron chi connectivity index (χ3n) is 3.77. The zero-order valence-electron chi connectivity index (χ0n) is 10.3. The van der Waals surface area contributed by atoms with Gasteiger partial charge in [-0.2, -0.15) is 0 Å². The molecule has 0 bridgehead atoms. The van der Waals surface area contributed by atoms with Crippen LogP contribution in [0.1, 0.15) is 19.3 Å². The third kappa shape index (κ3) is 4.21. The van der Waals surface area contributed by atoms with Crippen molar-refractivity contribution in [1.29, 1.82) is 0 Å². The Kier molecular flexibility index (Phi) is 3.96. The molecule has 4 unspecified atom stereocenters. The highest BCUT2D eigenvalue weighted by atomic mass is 16.6. The minimum absolute atomic E-state index is 0.397. The van der Waals surface area contributed by atoms with Crippen LogP contribution in [0, 0.1) is 11.8 Å². The van der Waals surface area contributed by atoms with Gasteiger partial charge in [0.05, 0.1) is 26.4 Å². The van der Waals surface area contributed by atoms with Gasteiger partial charge in [0.1, 0.15) is 12.2 Å². The molecule has 3 fully saturated rings. The van der Waals surface area contributed by atoms with Crippen LogP contribution in [0.15, 0.2) is 0 Å². The van der Waals surface area contributed by atoms with Gasteiger partial charge >= 0.3 is 0 Å². The van der Waals surface area contributed by atoms with Crippen LogP contribution < -0.4 is 0 Å². The average Bonchev–Trinajstić information content (AvgIpc) is 3.22. The summed E-state index contributed by atoms with van der Waals surface area (Å²) in [6.07, 6.45) is 4.64. The minimum Gasteiger partial charge on any atom is -0.378 e. The van der Waals surface area contributed by atoms with Gasteiger partial charge in [0, 0.05) is 13.2 Å². The Hall–Kier alpha value is -0.160. The first-order chi connectivity index (χ1) is 8.40. The predicted octanol–water partition coefficient (Wildman–Crippen LogP) is 1.23. The number of ether oxygens (including phenoxy) is 4. The molecule has 2 aliphatic heterocycles. The molecule has 17 heavy (non-hydrogen) atoms. The zero-order chi connectivity index (χ0) is 11.5. The van der Waals surface area contributed by atoms with Crippen LogP contribution in [0.25, 0.3) is 0 Å². The van der Waals surface area contributed by atoms with Gasteiger partial charge in [-0.3, -0.25) is 0 Å². The molecule has 4 atom stereocenters. The SMILES string of the molecule is C1CC(COCC2CO2)CC1COCC1CO1. The molecule has 0 amide bonds. The first kappa shape index (κ1) is 11.9. The van der Waals surface area contributed by atoms with E-state index in [1.807, 2.05) is 0 Å². The van der Waals surface area contributed by atoms with Crippen LogP contribution in [0.5, 0.6) is 0 Å². The normalized spacial score (nSPS) is 39.5. The Labute approximate surface area is 103 Å². The van der Waals surface area contributed by atoms with E-state index in [-0.39, 0.29) is 0 Å². The fraction of sp³-hybridized carbons (Fsp3) is 1.00. The lowest BCUT2D eigenvalue weighted by atomic mass is 10.1. The summed E-state index contributed by atoms with van der Waals surface area (Å²) in [6, 6.07) is 0. The lowest BCUT2D eigenvalue weighted by Gasteiger charge is -2.11. The van der Waals surface area contributed by atoms with E-state index in [0.29, 0.717) is 12.2 Å². The highest BCUT2D eigenvalue weighted by Crippen LogP contribution is 2.31. The fourth-order valence-corrected chi connectivity index (χ4v) is 2.54. The molecule has 0 aromatic carbocycles. The summed E-state index contributed by atoms with van der Waals surface area (Å²) in [5.74, 6) is 1.47. The van der Waals surface area contributed by atoms with E-state index in [1.54, 1.807) is 0 Å². The van der Waals surface area contributed by atoms with E-state index in [1.165, 1.54) is 19.3 Å². The van der Waals surface area contributed by atoms with Gasteiger partial charge in [-0.05, 0) is 31.1 Å². The summed E-state index contributed by atoms with van der Waals surface area (Å²) >= 11 is 0. The monoisotopic (exact) mass is 242 g/mol. The van der Waals surface area contributed by atoms with Gasteiger partial charge in [0.15, 0.2) is 0 Å². The Bertz CT molecular complexity index is 214. The lowest BCUT2D eigenvalue weighted by Crippen LogP contribution is -2.12. The van der Waals surface area contributed by atoms with Gasteiger partial charge in [0.25, 0.3) is 0 Å². The summed E-state index contributed by atoms with van der Waals surface area (Å²) in [6.45, 7) is 5.17. The maximum Gasteiger partial charge on any atom is 0.104 e. The summed E-state index contributed by atoms with van der Waals surface area (Å²) in [5.41, 5.74) is 0. The molecule has 1 aliphatic carbocycles. The van der Waals surface area contributed by atoms with E-state index in [9.17, 15) is 0 Å². The van der Waals surface area contributed by atoms with E-state index in [0.717, 1.165) is 51.5 Å². The molecule has 0 radical (unpaired) electrons. The summed E-state index contributed by atoms with van der Waals surface area (Å²) in [4.78, 5) is 0. The molecule has 3 rings (SSSR count). The van der Waals surface area contributed by atoms with Crippen LogP contribution >= 0.6 is 0 Å². The van der Waals surface area contributed by atoms with Crippen molar-refractivity contribution in [3.8, 4) is 0 Å². The van der Waals surface area contributed by atoms with Crippen LogP contribution in [-0.4, -0.2) is 51.8 Å². The highest BCUT2D eigenvalue weighted by Gasteiger charge is 2.28. The van der Waals surface area contributed by atoms with Crippen LogP contribution in [0.4, 0.5) is 0 Å². The average molecular weight is 242 g/mol. The second kappa shape index (κ2) is 5.65. The number of hydrogen-bond acceptors (Lipinski definition) is 4. The molecule has 1 saturated carbocycles. The maximum atomic E-state index is 5.66. The van der Waals surface area contributed by atoms with Crippen LogP contribution in [0.2, 0.25) is 0 Å². The second-order valence-electron chi connectivity index (χ2n) is 5.53. The van der Waals surface area contributed by atoms with Crippen molar-refractivity contribution >= 4 is 0 Å². The van der Waals surface area contributed by atoms with E-state index >= 15 is 0 Å². The van der Waals surface area contributed by atoms with Gasteiger partial charge in [-0.1, -0.05) is 0 Å². The molecular formula is C13H22O4. The molecular weight excluding hydrogens is 220 g/mol. The number of hydrogen-bond donors (Lipinski definition) is 0. The van der Waals surface area contributed by atoms with Crippen molar-refractivity contribution in [1.82, 2.24) is 0 Å². The Balaban J connectivity index is 1.22. The fourth-order valence-electron chi connectivity index (χ4n) is 2.54. The van der Waals surface area contributed by atoms with E-state index < -0.39 is 0 Å². The smallest absolute Gasteiger partial charge is 0.104 e. The third-order valence-corrected chi connectivity index (χ3v) is 3.77. The maximum absolute atomic E-state index is 5.66. The lowest BCUT2D eigenvalue weighted by molar-refractivity contribution is 0.0731. The zero-order valence-corrected chi connectivity index (χ0v) is 10.3. The van der Waals surface area contributed by atoms with Crippen molar-refractivity contribution in [2.45, 2.75) is 31.5 Å². The summed E-state index contributed by atoms with van der Waals surface area (Å²) in [7, 11) is 0. The Morgan fingerprint density at radius 1 is 0.765 bits per heavy atom. The molecule has 0 aromatic heterocycles. The Morgan fingerprint density at radius 3 is 1.65 bits per heavy atom. The highest BCUT2D eigenvalue weighted by molar-refractivity contribution is 4.76. The topological polar surface area (TPSA) is 43.5 Å². The molecule has 2 saturated heterocycles. The molecule has 0 aromatic rings. The van der Waals surface area contributed by atoms with Crippen molar-refractivity contribution in [3.05, 3.63) is 0 Å². The first-order valence-electron chi connectivity index (χ1n) is 6.79. The van der Waals surface area contributed by atoms with Gasteiger partial charge < -0.3 is 18.9 Å². The summed E-state index contributed by atoms with van der Waals surface area (Å²) in [5, 5.41) is 0. The number of epoxide rings is 2. The van der Waals surface area contributed by atoms with E-state index in [4.69, 9.17) is 18.9 Å². The molecule has 0 N–H and O–H groups in total. The minimum atomic E-state index is 0.397. The van der Waals surface area contributed by atoms with Crippen molar-refractivity contribution in [2.24, 2.45) is 11.8 Å². The second-order valence-corrected chi connectivity index (χ2v) is 5.53. The van der Waals surface area contributed by atoms with Gasteiger partial charge in [-0.15, -0.1) is 0 Å². The van der Waals surface area contributed by atoms with Crippen molar-refractivity contribution in [3.63, 3.8) is 0 Å². The quantitative estimate of drug-likeness (QED) is 0.601. The molecule has 4 nitrogen and oxygen atoms in total. The predicted molar refractivity (Wildman–Crippen MR) is 61.9 cm³/mol. The summed E-state index contributed by atoms with van der Waals surface area (Å²) < 4.78 is 21.6. The standard InChI is InChI=1S/C13H22O4/c1-2-11(5-15-7-13-9-17-13)3-10(1)4-14-6-12-8-16-12/h10-13H,1-9H2. The van der Waals surface area contributed by atoms with Crippen molar-refractivity contribution in [2.75, 3.05) is 39.6 Å². The largest absolute Gasteiger partial charge is 0.378 e. The van der Waals surface area contributed by atoms with Crippen molar-refractivity contribution < 1.29 is 18.9 Å². The van der Waals surface area contributed by atoms with E-state index in [2.05, 4.69) is 0 Å². The molecule has 0 spiro atoms. The molecule has 3 aliphatic rings. The van der Waals surface area contributed by atoms with Gasteiger partial charge in [-0.25, -0.2) is 0 Å². The first-order valence-corrected chi connectivity index (χ1v) is 6.79. The number of rotatable bonds is 8. The Morgan fingerprint density at radius 2 is 1.24 bits per heavy atom. The molecule has 4 heteroatoms. The molecule has 2 heterocycles. The van der Waals surface area contributed by atoms with Crippen LogP contribution in [0.3, 0.4) is 0 Å².